The highest BCUT2D eigenvalue weighted by molar-refractivity contribution is 5.77. The van der Waals surface area contributed by atoms with Crippen molar-refractivity contribution in [1.82, 2.24) is 10.6 Å². The Morgan fingerprint density at radius 3 is 2.81 bits per heavy atom. The Bertz CT molecular complexity index is 463. The predicted octanol–water partition coefficient (Wildman–Crippen LogP) is 0.854. The van der Waals surface area contributed by atoms with Crippen LogP contribution in [-0.4, -0.2) is 39.2 Å². The topological polar surface area (TPSA) is 76.7 Å². The van der Waals surface area contributed by atoms with Crippen molar-refractivity contribution in [2.45, 2.75) is 19.4 Å². The molecule has 0 aliphatic rings. The largest absolute Gasteiger partial charge is 0.484 e. The minimum absolute atomic E-state index is 0.0404. The molecule has 0 fully saturated rings. The first-order valence-electron chi connectivity index (χ1n) is 6.85. The van der Waals surface area contributed by atoms with Crippen molar-refractivity contribution >= 4 is 11.9 Å². The van der Waals surface area contributed by atoms with Gasteiger partial charge in [-0.15, -0.1) is 0 Å². The molecule has 1 amide bonds. The number of hydrogen-bond acceptors (Lipinski definition) is 5. The molecule has 1 aromatic rings. The number of carbonyl (C=O) groups is 2. The van der Waals surface area contributed by atoms with Crippen LogP contribution in [0.2, 0.25) is 0 Å². The van der Waals surface area contributed by atoms with E-state index in [1.807, 2.05) is 31.3 Å². The van der Waals surface area contributed by atoms with E-state index in [0.29, 0.717) is 25.1 Å². The Kier molecular flexibility index (Phi) is 7.89. The Morgan fingerprint density at radius 1 is 1.29 bits per heavy atom. The highest BCUT2D eigenvalue weighted by Crippen LogP contribution is 2.12. The van der Waals surface area contributed by atoms with Gasteiger partial charge in [0.1, 0.15) is 5.75 Å². The molecule has 0 atom stereocenters. The summed E-state index contributed by atoms with van der Waals surface area (Å²) < 4.78 is 9.93. The highest BCUT2D eigenvalue weighted by atomic mass is 16.5. The van der Waals surface area contributed by atoms with Crippen molar-refractivity contribution in [2.75, 3.05) is 27.3 Å². The van der Waals surface area contributed by atoms with Gasteiger partial charge in [0.25, 0.3) is 5.91 Å². The molecule has 1 rings (SSSR count). The second-order valence-electron chi connectivity index (χ2n) is 4.50. The summed E-state index contributed by atoms with van der Waals surface area (Å²) >= 11 is 0. The summed E-state index contributed by atoms with van der Waals surface area (Å²) in [6.07, 6.45) is 0.847. The third-order valence-corrected chi connectivity index (χ3v) is 2.76. The van der Waals surface area contributed by atoms with Gasteiger partial charge in [0.15, 0.2) is 6.61 Å². The average molecular weight is 294 g/mol. The fraction of sp³-hybridized carbons (Fsp3) is 0.467. The lowest BCUT2D eigenvalue weighted by atomic mass is 10.2. The number of benzene rings is 1. The van der Waals surface area contributed by atoms with Gasteiger partial charge >= 0.3 is 5.97 Å². The van der Waals surface area contributed by atoms with Crippen molar-refractivity contribution in [1.29, 1.82) is 0 Å². The molecule has 6 heteroatoms. The number of nitrogens with one attached hydrogen (secondary N) is 2. The molecule has 116 valence electrons. The molecule has 0 saturated heterocycles. The monoisotopic (exact) mass is 294 g/mol. The first-order valence-corrected chi connectivity index (χ1v) is 6.85. The maximum absolute atomic E-state index is 11.6. The molecule has 0 radical (unpaired) electrons. The summed E-state index contributed by atoms with van der Waals surface area (Å²) in [5, 5.41) is 5.74. The van der Waals surface area contributed by atoms with Gasteiger partial charge in [0.2, 0.25) is 0 Å². The summed E-state index contributed by atoms with van der Waals surface area (Å²) in [5.41, 5.74) is 1.09. The fourth-order valence-electron chi connectivity index (χ4n) is 1.71. The molecule has 2 N–H and O–H groups in total. The lowest BCUT2D eigenvalue weighted by Gasteiger charge is -2.08. The van der Waals surface area contributed by atoms with E-state index in [0.717, 1.165) is 12.1 Å². The Morgan fingerprint density at radius 2 is 2.10 bits per heavy atom. The van der Waals surface area contributed by atoms with Crippen LogP contribution in [0.15, 0.2) is 24.3 Å². The molecule has 0 bridgehead atoms. The summed E-state index contributed by atoms with van der Waals surface area (Å²) in [6, 6.07) is 7.57. The van der Waals surface area contributed by atoms with Gasteiger partial charge in [-0.2, -0.15) is 0 Å². The molecule has 0 heterocycles. The molecule has 0 aliphatic heterocycles. The van der Waals surface area contributed by atoms with Gasteiger partial charge in [-0.25, -0.2) is 0 Å². The van der Waals surface area contributed by atoms with Crippen LogP contribution in [-0.2, 0) is 20.9 Å². The Balaban J connectivity index is 2.23. The van der Waals surface area contributed by atoms with Crippen LogP contribution < -0.4 is 15.4 Å². The zero-order valence-electron chi connectivity index (χ0n) is 12.5. The second-order valence-corrected chi connectivity index (χ2v) is 4.50. The van der Waals surface area contributed by atoms with Crippen LogP contribution in [0.3, 0.4) is 0 Å². The van der Waals surface area contributed by atoms with E-state index in [1.54, 1.807) is 0 Å². The summed E-state index contributed by atoms with van der Waals surface area (Å²) in [6.45, 7) is 1.13. The van der Waals surface area contributed by atoms with Gasteiger partial charge in [0, 0.05) is 19.5 Å². The third-order valence-electron chi connectivity index (χ3n) is 2.76. The molecule has 0 spiro atoms. The average Bonchev–Trinajstić information content (AvgIpc) is 2.50. The zero-order valence-corrected chi connectivity index (χ0v) is 12.5. The van der Waals surface area contributed by atoms with E-state index < -0.39 is 0 Å². The highest BCUT2D eigenvalue weighted by Gasteiger charge is 2.04. The van der Waals surface area contributed by atoms with Gasteiger partial charge < -0.3 is 20.1 Å². The molecule has 0 aromatic heterocycles. The quantitative estimate of drug-likeness (QED) is 0.522. The molecule has 0 unspecified atom stereocenters. The molecular formula is C15H22N2O4. The fourth-order valence-corrected chi connectivity index (χ4v) is 1.71. The van der Waals surface area contributed by atoms with Crippen molar-refractivity contribution in [3.8, 4) is 5.75 Å². The number of rotatable bonds is 9. The van der Waals surface area contributed by atoms with Crippen LogP contribution in [0, 0.1) is 0 Å². The Labute approximate surface area is 124 Å². The first kappa shape index (κ1) is 17.0. The zero-order chi connectivity index (χ0) is 15.5. The predicted molar refractivity (Wildman–Crippen MR) is 79.0 cm³/mol. The third kappa shape index (κ3) is 7.31. The normalized spacial score (nSPS) is 10.0. The van der Waals surface area contributed by atoms with E-state index in [1.165, 1.54) is 7.11 Å². The lowest BCUT2D eigenvalue weighted by molar-refractivity contribution is -0.140. The second kappa shape index (κ2) is 9.77. The minimum atomic E-state index is -0.276. The standard InChI is InChI=1S/C15H22N2O4/c1-16-10-12-5-3-6-13(9-12)21-11-14(18)17-8-4-7-15(19)20-2/h3,5-6,9,16H,4,7-8,10-11H2,1-2H3,(H,17,18). The van der Waals surface area contributed by atoms with Gasteiger partial charge in [-0.3, -0.25) is 9.59 Å². The maximum atomic E-state index is 11.6. The Hall–Kier alpha value is -2.08. The molecule has 0 saturated carbocycles. The van der Waals surface area contributed by atoms with E-state index in [9.17, 15) is 9.59 Å². The first-order chi connectivity index (χ1) is 10.2. The van der Waals surface area contributed by atoms with E-state index in [4.69, 9.17) is 4.74 Å². The molecule has 0 aliphatic carbocycles. The number of methoxy groups -OCH3 is 1. The number of hydrogen-bond donors (Lipinski definition) is 2. The number of amides is 1. The van der Waals surface area contributed by atoms with Crippen LogP contribution >= 0.6 is 0 Å². The summed E-state index contributed by atoms with van der Waals surface area (Å²) in [4.78, 5) is 22.5. The SMILES string of the molecule is CNCc1cccc(OCC(=O)NCCCC(=O)OC)c1. The van der Waals surface area contributed by atoms with Gasteiger partial charge in [-0.05, 0) is 31.2 Å². The van der Waals surface area contributed by atoms with Crippen LogP contribution in [0.1, 0.15) is 18.4 Å². The smallest absolute Gasteiger partial charge is 0.305 e. The molecule has 6 nitrogen and oxygen atoms in total. The van der Waals surface area contributed by atoms with Crippen molar-refractivity contribution in [3.05, 3.63) is 29.8 Å². The maximum Gasteiger partial charge on any atom is 0.305 e. The summed E-state index contributed by atoms with van der Waals surface area (Å²) in [7, 11) is 3.21. The van der Waals surface area contributed by atoms with Crippen LogP contribution in [0.5, 0.6) is 5.75 Å². The van der Waals surface area contributed by atoms with Crippen LogP contribution in [0.25, 0.3) is 0 Å². The molecule has 1 aromatic carbocycles. The molecular weight excluding hydrogens is 272 g/mol. The van der Waals surface area contributed by atoms with E-state index in [-0.39, 0.29) is 18.5 Å². The number of carbonyl (C=O) groups excluding carboxylic acids is 2. The van der Waals surface area contributed by atoms with E-state index in [2.05, 4.69) is 15.4 Å². The van der Waals surface area contributed by atoms with E-state index >= 15 is 0 Å². The van der Waals surface area contributed by atoms with Gasteiger partial charge in [0.05, 0.1) is 7.11 Å². The lowest BCUT2D eigenvalue weighted by Crippen LogP contribution is -2.30. The van der Waals surface area contributed by atoms with Crippen molar-refractivity contribution < 1.29 is 19.1 Å². The van der Waals surface area contributed by atoms with Gasteiger partial charge in [-0.1, -0.05) is 12.1 Å². The van der Waals surface area contributed by atoms with Crippen molar-refractivity contribution in [2.24, 2.45) is 0 Å². The molecule has 21 heavy (non-hydrogen) atoms. The van der Waals surface area contributed by atoms with Crippen molar-refractivity contribution in [3.63, 3.8) is 0 Å². The minimum Gasteiger partial charge on any atom is -0.484 e. The van der Waals surface area contributed by atoms with Crippen LogP contribution in [0.4, 0.5) is 0 Å². The summed E-state index contributed by atoms with van der Waals surface area (Å²) in [5.74, 6) is 0.174. The number of ether oxygens (including phenoxy) is 2. The number of esters is 1.